The molecule has 0 aromatic heterocycles. The lowest BCUT2D eigenvalue weighted by Gasteiger charge is -2.09. The molecule has 0 saturated carbocycles. The second kappa shape index (κ2) is 8.14. The van der Waals surface area contributed by atoms with Gasteiger partial charge >= 0.3 is 12.1 Å². The number of hydrogen-bond acceptors (Lipinski definition) is 3. The summed E-state index contributed by atoms with van der Waals surface area (Å²) in [7, 11) is 0. The number of amides is 1. The fourth-order valence-electron chi connectivity index (χ4n) is 1.88. The van der Waals surface area contributed by atoms with Gasteiger partial charge in [0.2, 0.25) is 0 Å². The first-order valence-electron chi connectivity index (χ1n) is 7.21. The number of nitrogens with one attached hydrogen (secondary N) is 1. The number of ether oxygens (including phenoxy) is 1. The van der Waals surface area contributed by atoms with Crippen molar-refractivity contribution in [2.75, 3.05) is 11.9 Å². The van der Waals surface area contributed by atoms with Crippen LogP contribution in [0, 0.1) is 0 Å². The van der Waals surface area contributed by atoms with Gasteiger partial charge < -0.3 is 10.1 Å². The summed E-state index contributed by atoms with van der Waals surface area (Å²) in [5, 5.41) is 2.24. The number of benzene rings is 2. The van der Waals surface area contributed by atoms with Gasteiger partial charge in [-0.2, -0.15) is 13.2 Å². The first kappa shape index (κ1) is 18.3. The second-order valence-corrected chi connectivity index (χ2v) is 4.98. The Hall–Kier alpha value is -3.09. The molecule has 0 atom stereocenters. The van der Waals surface area contributed by atoms with Crippen molar-refractivity contribution >= 4 is 23.6 Å². The molecule has 4 nitrogen and oxygen atoms in total. The summed E-state index contributed by atoms with van der Waals surface area (Å²) < 4.78 is 42.5. The molecule has 0 saturated heterocycles. The number of alkyl halides is 3. The van der Waals surface area contributed by atoms with Crippen molar-refractivity contribution in [2.45, 2.75) is 6.18 Å². The van der Waals surface area contributed by atoms with Crippen molar-refractivity contribution in [2.24, 2.45) is 0 Å². The molecule has 0 heterocycles. The Bertz CT molecular complexity index is 771. The SMILES string of the molecule is O=C(COC(=O)/C=C/c1ccccc1)Nc1cccc(C(F)(F)F)c1. The molecule has 2 rings (SSSR count). The van der Waals surface area contributed by atoms with E-state index in [0.717, 1.165) is 23.8 Å². The van der Waals surface area contributed by atoms with Gasteiger partial charge in [-0.3, -0.25) is 4.79 Å². The summed E-state index contributed by atoms with van der Waals surface area (Å²) in [5.41, 5.74) is -0.128. The van der Waals surface area contributed by atoms with E-state index in [1.165, 1.54) is 18.2 Å². The minimum atomic E-state index is -4.50. The van der Waals surface area contributed by atoms with Crippen LogP contribution in [0.1, 0.15) is 11.1 Å². The Kier molecular flexibility index (Phi) is 5.94. The van der Waals surface area contributed by atoms with Crippen molar-refractivity contribution in [3.8, 4) is 0 Å². The molecular weight excluding hydrogens is 335 g/mol. The molecule has 0 radical (unpaired) electrons. The Morgan fingerprint density at radius 1 is 1.04 bits per heavy atom. The van der Waals surface area contributed by atoms with Crippen LogP contribution in [-0.4, -0.2) is 18.5 Å². The summed E-state index contributed by atoms with van der Waals surface area (Å²) in [6.45, 7) is -0.603. The molecule has 0 unspecified atom stereocenters. The molecule has 2 aromatic rings. The van der Waals surface area contributed by atoms with Crippen LogP contribution in [0.25, 0.3) is 6.08 Å². The molecule has 1 N–H and O–H groups in total. The highest BCUT2D eigenvalue weighted by Gasteiger charge is 2.30. The number of esters is 1. The van der Waals surface area contributed by atoms with Gasteiger partial charge in [0, 0.05) is 11.8 Å². The summed E-state index contributed by atoms with van der Waals surface area (Å²) in [6.07, 6.45) is -1.82. The summed E-state index contributed by atoms with van der Waals surface area (Å²) in [5.74, 6) is -1.47. The van der Waals surface area contributed by atoms with Crippen LogP contribution in [-0.2, 0) is 20.5 Å². The predicted octanol–water partition coefficient (Wildman–Crippen LogP) is 3.90. The molecule has 0 spiro atoms. The molecule has 0 aliphatic carbocycles. The van der Waals surface area contributed by atoms with Crippen LogP contribution in [0.3, 0.4) is 0 Å². The Balaban J connectivity index is 1.84. The van der Waals surface area contributed by atoms with Crippen LogP contribution in [0.5, 0.6) is 0 Å². The van der Waals surface area contributed by atoms with E-state index < -0.39 is 30.2 Å². The van der Waals surface area contributed by atoms with E-state index in [1.54, 1.807) is 24.3 Å². The highest BCUT2D eigenvalue weighted by atomic mass is 19.4. The molecule has 130 valence electrons. The van der Waals surface area contributed by atoms with Gasteiger partial charge in [0.25, 0.3) is 5.91 Å². The van der Waals surface area contributed by atoms with Gasteiger partial charge in [0.1, 0.15) is 0 Å². The van der Waals surface area contributed by atoms with Gasteiger partial charge in [-0.25, -0.2) is 4.79 Å². The zero-order valence-electron chi connectivity index (χ0n) is 12.9. The number of rotatable bonds is 5. The zero-order chi connectivity index (χ0) is 18.3. The standard InChI is InChI=1S/C18H14F3NO3/c19-18(20,21)14-7-4-8-15(11-14)22-16(23)12-25-17(24)10-9-13-5-2-1-3-6-13/h1-11H,12H2,(H,22,23)/b10-9+. The molecule has 25 heavy (non-hydrogen) atoms. The number of halogens is 3. The third kappa shape index (κ3) is 6.14. The Labute approximate surface area is 141 Å². The third-order valence-corrected chi connectivity index (χ3v) is 3.03. The average Bonchev–Trinajstić information content (AvgIpc) is 2.58. The van der Waals surface area contributed by atoms with Gasteiger partial charge in [-0.1, -0.05) is 36.4 Å². The highest BCUT2D eigenvalue weighted by molar-refractivity contribution is 5.94. The fraction of sp³-hybridized carbons (Fsp3) is 0.111. The van der Waals surface area contributed by atoms with E-state index >= 15 is 0 Å². The zero-order valence-corrected chi connectivity index (χ0v) is 12.9. The monoisotopic (exact) mass is 349 g/mol. The highest BCUT2D eigenvalue weighted by Crippen LogP contribution is 2.30. The maximum Gasteiger partial charge on any atom is 0.416 e. The molecular formula is C18H14F3NO3. The third-order valence-electron chi connectivity index (χ3n) is 3.03. The molecule has 1 amide bonds. The van der Waals surface area contributed by atoms with E-state index in [9.17, 15) is 22.8 Å². The van der Waals surface area contributed by atoms with E-state index in [-0.39, 0.29) is 5.69 Å². The molecule has 0 bridgehead atoms. The molecule has 7 heteroatoms. The number of carbonyl (C=O) groups excluding carboxylic acids is 2. The summed E-state index contributed by atoms with van der Waals surface area (Å²) in [4.78, 5) is 23.2. The van der Waals surface area contributed by atoms with E-state index in [1.807, 2.05) is 6.07 Å². The summed E-state index contributed by atoms with van der Waals surface area (Å²) in [6, 6.07) is 13.2. The van der Waals surface area contributed by atoms with Gasteiger partial charge in [-0.05, 0) is 29.8 Å². The normalized spacial score (nSPS) is 11.3. The van der Waals surface area contributed by atoms with Crippen LogP contribution >= 0.6 is 0 Å². The van der Waals surface area contributed by atoms with Crippen molar-refractivity contribution in [3.05, 3.63) is 71.8 Å². The minimum Gasteiger partial charge on any atom is -0.452 e. The van der Waals surface area contributed by atoms with Gasteiger partial charge in [-0.15, -0.1) is 0 Å². The molecule has 0 aliphatic heterocycles. The quantitative estimate of drug-likeness (QED) is 0.658. The van der Waals surface area contributed by atoms with E-state index in [2.05, 4.69) is 5.32 Å². The largest absolute Gasteiger partial charge is 0.452 e. The number of hydrogen-bond donors (Lipinski definition) is 1. The average molecular weight is 349 g/mol. The second-order valence-electron chi connectivity index (χ2n) is 4.98. The van der Waals surface area contributed by atoms with Crippen molar-refractivity contribution in [1.29, 1.82) is 0 Å². The Morgan fingerprint density at radius 2 is 1.76 bits per heavy atom. The Morgan fingerprint density at radius 3 is 2.44 bits per heavy atom. The maximum absolute atomic E-state index is 12.6. The molecule has 0 fully saturated rings. The smallest absolute Gasteiger partial charge is 0.416 e. The lowest BCUT2D eigenvalue weighted by Crippen LogP contribution is -2.20. The predicted molar refractivity (Wildman–Crippen MR) is 86.5 cm³/mol. The van der Waals surface area contributed by atoms with Crippen LogP contribution < -0.4 is 5.32 Å². The van der Waals surface area contributed by atoms with Crippen LogP contribution in [0.15, 0.2) is 60.7 Å². The minimum absolute atomic E-state index is 0.0318. The number of carbonyl (C=O) groups is 2. The van der Waals surface area contributed by atoms with Crippen molar-refractivity contribution in [1.82, 2.24) is 0 Å². The summed E-state index contributed by atoms with van der Waals surface area (Å²) >= 11 is 0. The lowest BCUT2D eigenvalue weighted by molar-refractivity contribution is -0.142. The fourth-order valence-corrected chi connectivity index (χ4v) is 1.88. The van der Waals surface area contributed by atoms with Gasteiger partial charge in [0.05, 0.1) is 5.56 Å². The van der Waals surface area contributed by atoms with E-state index in [0.29, 0.717) is 0 Å². The first-order valence-corrected chi connectivity index (χ1v) is 7.21. The van der Waals surface area contributed by atoms with Crippen LogP contribution in [0.2, 0.25) is 0 Å². The van der Waals surface area contributed by atoms with Gasteiger partial charge in [0.15, 0.2) is 6.61 Å². The number of anilines is 1. The van der Waals surface area contributed by atoms with Crippen molar-refractivity contribution < 1.29 is 27.5 Å². The molecule has 0 aliphatic rings. The molecule has 2 aromatic carbocycles. The first-order chi connectivity index (χ1) is 11.8. The van der Waals surface area contributed by atoms with Crippen LogP contribution in [0.4, 0.5) is 18.9 Å². The lowest BCUT2D eigenvalue weighted by atomic mass is 10.2. The topological polar surface area (TPSA) is 55.4 Å². The van der Waals surface area contributed by atoms with Crippen molar-refractivity contribution in [3.63, 3.8) is 0 Å². The maximum atomic E-state index is 12.6. The van der Waals surface area contributed by atoms with E-state index in [4.69, 9.17) is 4.74 Å².